The summed E-state index contributed by atoms with van der Waals surface area (Å²) in [5.41, 5.74) is 0.630. The van der Waals surface area contributed by atoms with Crippen LogP contribution in [0.25, 0.3) is 0 Å². The highest BCUT2D eigenvalue weighted by Crippen LogP contribution is 2.13. The van der Waals surface area contributed by atoms with Gasteiger partial charge in [-0.25, -0.2) is 0 Å². The molecule has 1 heterocycles. The maximum absolute atomic E-state index is 12.0. The molecule has 1 amide bonds. The molecule has 1 N–H and O–H groups in total. The van der Waals surface area contributed by atoms with Gasteiger partial charge in [0.1, 0.15) is 12.4 Å². The number of nitrogens with one attached hydrogen (secondary N) is 1. The van der Waals surface area contributed by atoms with Crippen molar-refractivity contribution in [2.75, 3.05) is 33.0 Å². The lowest BCUT2D eigenvalue weighted by molar-refractivity contribution is 0.0857. The average Bonchev–Trinajstić information content (AvgIpc) is 3.03. The highest BCUT2D eigenvalue weighted by atomic mass is 16.5. The highest BCUT2D eigenvalue weighted by molar-refractivity contribution is 5.94. The van der Waals surface area contributed by atoms with Crippen molar-refractivity contribution in [2.24, 2.45) is 0 Å². The second-order valence-corrected chi connectivity index (χ2v) is 4.91. The van der Waals surface area contributed by atoms with E-state index in [1.165, 1.54) is 0 Å². The van der Waals surface area contributed by atoms with Gasteiger partial charge in [-0.1, -0.05) is 0 Å². The molecule has 0 unspecified atom stereocenters. The van der Waals surface area contributed by atoms with Crippen molar-refractivity contribution in [2.45, 2.75) is 25.9 Å². The zero-order chi connectivity index (χ0) is 14.9. The molecule has 116 valence electrons. The van der Waals surface area contributed by atoms with Crippen LogP contribution in [-0.2, 0) is 9.47 Å². The summed E-state index contributed by atoms with van der Waals surface area (Å²) in [7, 11) is 0. The molecule has 1 atom stereocenters. The molecule has 0 aromatic heterocycles. The van der Waals surface area contributed by atoms with E-state index in [0.29, 0.717) is 31.9 Å². The highest BCUT2D eigenvalue weighted by Gasteiger charge is 2.16. The van der Waals surface area contributed by atoms with Gasteiger partial charge in [0, 0.05) is 25.3 Å². The van der Waals surface area contributed by atoms with Gasteiger partial charge < -0.3 is 19.5 Å². The van der Waals surface area contributed by atoms with Crippen molar-refractivity contribution in [1.29, 1.82) is 0 Å². The molecule has 0 bridgehead atoms. The quantitative estimate of drug-likeness (QED) is 0.745. The maximum Gasteiger partial charge on any atom is 0.251 e. The largest absolute Gasteiger partial charge is 0.491 e. The monoisotopic (exact) mass is 293 g/mol. The summed E-state index contributed by atoms with van der Waals surface area (Å²) in [6.07, 6.45) is 2.26. The van der Waals surface area contributed by atoms with Gasteiger partial charge in [0.05, 0.1) is 12.7 Å². The summed E-state index contributed by atoms with van der Waals surface area (Å²) in [5.74, 6) is 0.664. The molecule has 1 aromatic carbocycles. The first kappa shape index (κ1) is 15.8. The Kier molecular flexibility index (Phi) is 6.50. The van der Waals surface area contributed by atoms with Crippen LogP contribution >= 0.6 is 0 Å². The molecule has 1 fully saturated rings. The van der Waals surface area contributed by atoms with Crippen LogP contribution in [0.5, 0.6) is 5.75 Å². The Morgan fingerprint density at radius 3 is 2.81 bits per heavy atom. The molecular formula is C16H23NO4. The van der Waals surface area contributed by atoms with E-state index in [1.807, 2.05) is 6.92 Å². The topological polar surface area (TPSA) is 56.8 Å². The van der Waals surface area contributed by atoms with E-state index in [2.05, 4.69) is 5.32 Å². The van der Waals surface area contributed by atoms with Crippen LogP contribution in [-0.4, -0.2) is 45.0 Å². The van der Waals surface area contributed by atoms with Crippen LogP contribution < -0.4 is 10.1 Å². The lowest BCUT2D eigenvalue weighted by Gasteiger charge is -2.11. The van der Waals surface area contributed by atoms with Crippen molar-refractivity contribution < 1.29 is 19.0 Å². The van der Waals surface area contributed by atoms with E-state index in [4.69, 9.17) is 14.2 Å². The normalized spacial score (nSPS) is 17.7. The molecule has 1 aliphatic heterocycles. The summed E-state index contributed by atoms with van der Waals surface area (Å²) in [6.45, 7) is 5.09. The van der Waals surface area contributed by atoms with Gasteiger partial charge in [-0.2, -0.15) is 0 Å². The number of ether oxygens (including phenoxy) is 3. The zero-order valence-electron chi connectivity index (χ0n) is 12.5. The Morgan fingerprint density at radius 1 is 1.33 bits per heavy atom. The van der Waals surface area contributed by atoms with Crippen LogP contribution in [0.4, 0.5) is 0 Å². The smallest absolute Gasteiger partial charge is 0.251 e. The fourth-order valence-corrected chi connectivity index (χ4v) is 2.18. The number of benzene rings is 1. The van der Waals surface area contributed by atoms with Gasteiger partial charge in [0.2, 0.25) is 0 Å². The minimum Gasteiger partial charge on any atom is -0.491 e. The molecular weight excluding hydrogens is 270 g/mol. The predicted molar refractivity (Wildman–Crippen MR) is 79.7 cm³/mol. The SMILES string of the molecule is CCOCCOc1ccc(C(=O)NC[C@H]2CCCO2)cc1. The number of carbonyl (C=O) groups excluding carboxylic acids is 1. The lowest BCUT2D eigenvalue weighted by atomic mass is 10.2. The molecule has 1 aromatic rings. The van der Waals surface area contributed by atoms with Crippen molar-refractivity contribution in [3.05, 3.63) is 29.8 Å². The summed E-state index contributed by atoms with van der Waals surface area (Å²) >= 11 is 0. The van der Waals surface area contributed by atoms with Gasteiger partial charge in [0.25, 0.3) is 5.91 Å². The molecule has 0 saturated carbocycles. The fourth-order valence-electron chi connectivity index (χ4n) is 2.18. The Labute approximate surface area is 125 Å². The molecule has 0 radical (unpaired) electrons. The minimum atomic E-state index is -0.0774. The van der Waals surface area contributed by atoms with E-state index in [-0.39, 0.29) is 12.0 Å². The third kappa shape index (κ3) is 5.36. The third-order valence-electron chi connectivity index (χ3n) is 3.33. The second-order valence-electron chi connectivity index (χ2n) is 4.91. The molecule has 21 heavy (non-hydrogen) atoms. The third-order valence-corrected chi connectivity index (χ3v) is 3.33. The lowest BCUT2D eigenvalue weighted by Crippen LogP contribution is -2.31. The van der Waals surface area contributed by atoms with Crippen LogP contribution in [0.15, 0.2) is 24.3 Å². The van der Waals surface area contributed by atoms with Crippen LogP contribution in [0.3, 0.4) is 0 Å². The van der Waals surface area contributed by atoms with Crippen LogP contribution in [0.2, 0.25) is 0 Å². The number of amides is 1. The van der Waals surface area contributed by atoms with E-state index in [1.54, 1.807) is 24.3 Å². The van der Waals surface area contributed by atoms with Gasteiger partial charge >= 0.3 is 0 Å². The molecule has 0 spiro atoms. The average molecular weight is 293 g/mol. The summed E-state index contributed by atoms with van der Waals surface area (Å²) in [4.78, 5) is 12.0. The van der Waals surface area contributed by atoms with Gasteiger partial charge in [-0.15, -0.1) is 0 Å². The zero-order valence-corrected chi connectivity index (χ0v) is 12.5. The molecule has 0 aliphatic carbocycles. The second kappa shape index (κ2) is 8.64. The molecule has 1 saturated heterocycles. The van der Waals surface area contributed by atoms with Crippen LogP contribution in [0, 0.1) is 0 Å². The standard InChI is InChI=1S/C16H23NO4/c1-2-19-10-11-21-14-7-5-13(6-8-14)16(18)17-12-15-4-3-9-20-15/h5-8,15H,2-4,9-12H2,1H3,(H,17,18)/t15-/m1/s1. The summed E-state index contributed by atoms with van der Waals surface area (Å²) in [6, 6.07) is 7.13. The maximum atomic E-state index is 12.0. The minimum absolute atomic E-state index is 0.0774. The number of rotatable bonds is 8. The van der Waals surface area contributed by atoms with E-state index in [0.717, 1.165) is 25.2 Å². The Hall–Kier alpha value is -1.59. The predicted octanol–water partition coefficient (Wildman–Crippen LogP) is 2.01. The fraction of sp³-hybridized carbons (Fsp3) is 0.562. The van der Waals surface area contributed by atoms with Gasteiger partial charge in [-0.3, -0.25) is 4.79 Å². The van der Waals surface area contributed by atoms with Crippen LogP contribution in [0.1, 0.15) is 30.1 Å². The summed E-state index contributed by atoms with van der Waals surface area (Å²) < 4.78 is 16.2. The summed E-state index contributed by atoms with van der Waals surface area (Å²) in [5, 5.41) is 2.90. The molecule has 2 rings (SSSR count). The van der Waals surface area contributed by atoms with Crippen molar-refractivity contribution in [1.82, 2.24) is 5.32 Å². The van der Waals surface area contributed by atoms with Crippen molar-refractivity contribution >= 4 is 5.91 Å². The van der Waals surface area contributed by atoms with E-state index in [9.17, 15) is 4.79 Å². The van der Waals surface area contributed by atoms with E-state index < -0.39 is 0 Å². The first-order valence-electron chi connectivity index (χ1n) is 7.50. The molecule has 5 nitrogen and oxygen atoms in total. The van der Waals surface area contributed by atoms with E-state index >= 15 is 0 Å². The molecule has 5 heteroatoms. The van der Waals surface area contributed by atoms with Crippen molar-refractivity contribution in [3.8, 4) is 5.75 Å². The first-order valence-corrected chi connectivity index (χ1v) is 7.50. The number of hydrogen-bond acceptors (Lipinski definition) is 4. The Balaban J connectivity index is 1.73. The van der Waals surface area contributed by atoms with Gasteiger partial charge in [-0.05, 0) is 44.0 Å². The first-order chi connectivity index (χ1) is 10.3. The Bertz CT molecular complexity index is 426. The van der Waals surface area contributed by atoms with Crippen molar-refractivity contribution in [3.63, 3.8) is 0 Å². The molecule has 1 aliphatic rings. The number of carbonyl (C=O) groups is 1. The Morgan fingerprint density at radius 2 is 2.14 bits per heavy atom. The number of hydrogen-bond donors (Lipinski definition) is 1. The van der Waals surface area contributed by atoms with Gasteiger partial charge in [0.15, 0.2) is 0 Å².